The second-order valence-electron chi connectivity index (χ2n) is 3.73. The molecule has 0 spiro atoms. The molecule has 2 aromatic rings. The van der Waals surface area contributed by atoms with Gasteiger partial charge in [0.25, 0.3) is 0 Å². The molecule has 1 heterocycles. The molecule has 0 saturated carbocycles. The van der Waals surface area contributed by atoms with Crippen LogP contribution in [0.2, 0.25) is 0 Å². The first-order valence-electron chi connectivity index (χ1n) is 5.03. The molecule has 0 saturated heterocycles. The highest BCUT2D eigenvalue weighted by atomic mass is 32.2. The molecule has 0 aliphatic heterocycles. The number of pyridine rings is 1. The summed E-state index contributed by atoms with van der Waals surface area (Å²) in [6, 6.07) is 9.48. The van der Waals surface area contributed by atoms with Crippen molar-refractivity contribution in [3.8, 4) is 0 Å². The number of aromatic nitrogens is 1. The van der Waals surface area contributed by atoms with Crippen molar-refractivity contribution in [2.75, 3.05) is 5.73 Å². The predicted molar refractivity (Wildman–Crippen MR) is 65.3 cm³/mol. The van der Waals surface area contributed by atoms with Crippen LogP contribution >= 0.6 is 0 Å². The SMILES string of the molecule is Cc1ccc(S(=O)(=O)c2ccnc(N)c2)cc1. The molecule has 0 aliphatic rings. The van der Waals surface area contributed by atoms with Gasteiger partial charge in [-0.3, -0.25) is 0 Å². The lowest BCUT2D eigenvalue weighted by Gasteiger charge is -2.05. The molecule has 0 fully saturated rings. The van der Waals surface area contributed by atoms with Gasteiger partial charge in [-0.2, -0.15) is 0 Å². The van der Waals surface area contributed by atoms with Crippen molar-refractivity contribution >= 4 is 15.7 Å². The summed E-state index contributed by atoms with van der Waals surface area (Å²) in [4.78, 5) is 4.19. The maximum Gasteiger partial charge on any atom is 0.206 e. The quantitative estimate of drug-likeness (QED) is 0.879. The molecule has 0 radical (unpaired) electrons. The van der Waals surface area contributed by atoms with Gasteiger partial charge in [0.1, 0.15) is 5.82 Å². The first-order valence-corrected chi connectivity index (χ1v) is 6.52. The number of rotatable bonds is 2. The van der Waals surface area contributed by atoms with E-state index < -0.39 is 9.84 Å². The molecule has 2 N–H and O–H groups in total. The zero-order chi connectivity index (χ0) is 12.5. The number of hydrogen-bond acceptors (Lipinski definition) is 4. The van der Waals surface area contributed by atoms with Crippen molar-refractivity contribution in [3.05, 3.63) is 48.2 Å². The maximum absolute atomic E-state index is 12.2. The lowest BCUT2D eigenvalue weighted by atomic mass is 10.2. The average Bonchev–Trinajstić information content (AvgIpc) is 2.29. The van der Waals surface area contributed by atoms with Gasteiger partial charge in [0.2, 0.25) is 9.84 Å². The molecular formula is C12H12N2O2S. The summed E-state index contributed by atoms with van der Waals surface area (Å²) in [5.41, 5.74) is 6.49. The molecule has 17 heavy (non-hydrogen) atoms. The summed E-state index contributed by atoms with van der Waals surface area (Å²) < 4.78 is 24.4. The smallest absolute Gasteiger partial charge is 0.206 e. The van der Waals surface area contributed by atoms with Crippen LogP contribution in [0.5, 0.6) is 0 Å². The topological polar surface area (TPSA) is 73.0 Å². The first-order chi connectivity index (χ1) is 8.00. The van der Waals surface area contributed by atoms with Crippen LogP contribution in [0, 0.1) is 6.92 Å². The monoisotopic (exact) mass is 248 g/mol. The third kappa shape index (κ3) is 2.29. The Morgan fingerprint density at radius 3 is 2.29 bits per heavy atom. The highest BCUT2D eigenvalue weighted by Crippen LogP contribution is 2.21. The Bertz CT molecular complexity index is 634. The second kappa shape index (κ2) is 4.18. The molecule has 5 heteroatoms. The molecule has 0 aliphatic carbocycles. The second-order valence-corrected chi connectivity index (χ2v) is 5.68. The standard InChI is InChI=1S/C12H12N2O2S/c1-9-2-4-10(5-3-9)17(15,16)11-6-7-14-12(13)8-11/h2-8H,1H3,(H2,13,14). The molecule has 1 aromatic heterocycles. The van der Waals surface area contributed by atoms with Gasteiger partial charge in [-0.15, -0.1) is 0 Å². The van der Waals surface area contributed by atoms with Gasteiger partial charge < -0.3 is 5.73 Å². The van der Waals surface area contributed by atoms with Crippen molar-refractivity contribution in [1.29, 1.82) is 0 Å². The van der Waals surface area contributed by atoms with E-state index in [0.29, 0.717) is 0 Å². The molecule has 0 atom stereocenters. The Morgan fingerprint density at radius 1 is 1.06 bits per heavy atom. The number of benzene rings is 1. The first kappa shape index (κ1) is 11.6. The van der Waals surface area contributed by atoms with E-state index in [-0.39, 0.29) is 15.6 Å². The van der Waals surface area contributed by atoms with Gasteiger partial charge in [-0.1, -0.05) is 17.7 Å². The van der Waals surface area contributed by atoms with E-state index in [1.165, 1.54) is 18.3 Å². The maximum atomic E-state index is 12.2. The van der Waals surface area contributed by atoms with Crippen LogP contribution in [0.3, 0.4) is 0 Å². The summed E-state index contributed by atoms with van der Waals surface area (Å²) >= 11 is 0. The van der Waals surface area contributed by atoms with E-state index in [1.54, 1.807) is 24.3 Å². The third-order valence-electron chi connectivity index (χ3n) is 2.39. The molecule has 4 nitrogen and oxygen atoms in total. The Morgan fingerprint density at radius 2 is 1.71 bits per heavy atom. The van der Waals surface area contributed by atoms with Crippen LogP contribution in [-0.4, -0.2) is 13.4 Å². The number of sulfone groups is 1. The Hall–Kier alpha value is -1.88. The van der Waals surface area contributed by atoms with E-state index in [9.17, 15) is 8.42 Å². The van der Waals surface area contributed by atoms with Gasteiger partial charge in [0.05, 0.1) is 9.79 Å². The van der Waals surface area contributed by atoms with E-state index >= 15 is 0 Å². The minimum atomic E-state index is -3.50. The Labute approximate surface area is 100 Å². The zero-order valence-electron chi connectivity index (χ0n) is 9.29. The molecule has 2 rings (SSSR count). The number of nitrogens with zero attached hydrogens (tertiary/aromatic N) is 1. The highest BCUT2D eigenvalue weighted by Gasteiger charge is 2.17. The van der Waals surface area contributed by atoms with Crippen molar-refractivity contribution in [2.45, 2.75) is 16.7 Å². The number of aryl methyl sites for hydroxylation is 1. The lowest BCUT2D eigenvalue weighted by Crippen LogP contribution is -2.03. The predicted octanol–water partition coefficient (Wildman–Crippen LogP) is 1.81. The zero-order valence-corrected chi connectivity index (χ0v) is 10.1. The van der Waals surface area contributed by atoms with Gasteiger partial charge in [-0.25, -0.2) is 13.4 Å². The van der Waals surface area contributed by atoms with E-state index in [1.807, 2.05) is 6.92 Å². The summed E-state index contributed by atoms with van der Waals surface area (Å²) in [5.74, 6) is 0.193. The minimum Gasteiger partial charge on any atom is -0.384 e. The largest absolute Gasteiger partial charge is 0.384 e. The molecule has 1 aromatic carbocycles. The van der Waals surface area contributed by atoms with Crippen molar-refractivity contribution in [1.82, 2.24) is 4.98 Å². The molecule has 0 unspecified atom stereocenters. The molecular weight excluding hydrogens is 236 g/mol. The van der Waals surface area contributed by atoms with E-state index in [2.05, 4.69) is 4.98 Å². The van der Waals surface area contributed by atoms with Crippen molar-refractivity contribution in [3.63, 3.8) is 0 Å². The average molecular weight is 248 g/mol. The van der Waals surface area contributed by atoms with Crippen LogP contribution in [0.4, 0.5) is 5.82 Å². The normalized spacial score (nSPS) is 11.4. The van der Waals surface area contributed by atoms with E-state index in [4.69, 9.17) is 5.73 Å². The highest BCUT2D eigenvalue weighted by molar-refractivity contribution is 7.91. The molecule has 88 valence electrons. The van der Waals surface area contributed by atoms with Crippen LogP contribution in [0.15, 0.2) is 52.4 Å². The van der Waals surface area contributed by atoms with Crippen LogP contribution < -0.4 is 5.73 Å². The van der Waals surface area contributed by atoms with Crippen molar-refractivity contribution < 1.29 is 8.42 Å². The van der Waals surface area contributed by atoms with Gasteiger partial charge in [0, 0.05) is 6.20 Å². The minimum absolute atomic E-state index is 0.161. The van der Waals surface area contributed by atoms with Crippen LogP contribution in [0.25, 0.3) is 0 Å². The Balaban J connectivity index is 2.54. The number of nitrogen functional groups attached to an aromatic ring is 1. The van der Waals surface area contributed by atoms with Gasteiger partial charge in [-0.05, 0) is 31.2 Å². The molecule has 0 bridgehead atoms. The fourth-order valence-corrected chi connectivity index (χ4v) is 2.73. The Kier molecular flexibility index (Phi) is 2.85. The fourth-order valence-electron chi connectivity index (χ4n) is 1.45. The summed E-state index contributed by atoms with van der Waals surface area (Å²) in [6.45, 7) is 1.90. The number of anilines is 1. The van der Waals surface area contributed by atoms with E-state index in [0.717, 1.165) is 5.56 Å². The lowest BCUT2D eigenvalue weighted by molar-refractivity contribution is 0.596. The van der Waals surface area contributed by atoms with Gasteiger partial charge in [0.15, 0.2) is 0 Å². The number of nitrogens with two attached hydrogens (primary N) is 1. The van der Waals surface area contributed by atoms with Crippen LogP contribution in [0.1, 0.15) is 5.56 Å². The third-order valence-corrected chi connectivity index (χ3v) is 4.16. The number of hydrogen-bond donors (Lipinski definition) is 1. The molecule has 0 amide bonds. The summed E-state index contributed by atoms with van der Waals surface area (Å²) in [7, 11) is -3.50. The van der Waals surface area contributed by atoms with Gasteiger partial charge >= 0.3 is 0 Å². The van der Waals surface area contributed by atoms with Crippen LogP contribution in [-0.2, 0) is 9.84 Å². The summed E-state index contributed by atoms with van der Waals surface area (Å²) in [5, 5.41) is 0. The van der Waals surface area contributed by atoms with Crippen molar-refractivity contribution in [2.24, 2.45) is 0 Å². The fraction of sp³-hybridized carbons (Fsp3) is 0.0833. The summed E-state index contributed by atoms with van der Waals surface area (Å²) in [6.07, 6.45) is 1.39.